The molecule has 0 spiro atoms. The van der Waals surface area contributed by atoms with Crippen LogP contribution in [0.4, 0.5) is 0 Å². The van der Waals surface area contributed by atoms with Crippen molar-refractivity contribution in [2.75, 3.05) is 12.7 Å². The Kier molecular flexibility index (Phi) is 8.11. The van der Waals surface area contributed by atoms with Crippen molar-refractivity contribution < 1.29 is 24.0 Å². The highest BCUT2D eigenvalue weighted by molar-refractivity contribution is 7.95. The molecule has 0 atom stereocenters. The van der Waals surface area contributed by atoms with E-state index in [1.807, 2.05) is 0 Å². The second-order valence-electron chi connectivity index (χ2n) is 5.85. The zero-order valence-electron chi connectivity index (χ0n) is 14.4. The van der Waals surface area contributed by atoms with Crippen molar-refractivity contribution in [1.82, 2.24) is 0 Å². The van der Waals surface area contributed by atoms with Crippen molar-refractivity contribution in [2.24, 2.45) is 5.11 Å². The third-order valence-corrected chi connectivity index (χ3v) is 8.93. The Bertz CT molecular complexity index is 738. The van der Waals surface area contributed by atoms with Crippen LogP contribution in [0.2, 0.25) is 0 Å². The fraction of sp³-hybridized carbons (Fsp3) is 0.143. The zero-order chi connectivity index (χ0) is 17.4. The first kappa shape index (κ1) is 20.4. The molecule has 3 aromatic rings. The van der Waals surface area contributed by atoms with Gasteiger partial charge in [0.25, 0.3) is 0 Å². The van der Waals surface area contributed by atoms with E-state index in [1.54, 1.807) is 0 Å². The first-order valence-corrected chi connectivity index (χ1v) is 10.4. The van der Waals surface area contributed by atoms with E-state index in [2.05, 4.69) is 101 Å². The lowest BCUT2D eigenvalue weighted by molar-refractivity contribution is -0.00000494. The molecule has 3 aromatic carbocycles. The van der Waals surface area contributed by atoms with Gasteiger partial charge in [0.15, 0.2) is 0 Å². The van der Waals surface area contributed by atoms with Gasteiger partial charge in [-0.15, -0.1) is 0 Å². The summed E-state index contributed by atoms with van der Waals surface area (Å²) in [6, 6.07) is 32.3. The van der Waals surface area contributed by atoms with Crippen molar-refractivity contribution >= 4 is 23.2 Å². The molecular weight excluding hydrogens is 452 g/mol. The Hall–Kier alpha value is -1.87. The van der Waals surface area contributed by atoms with Gasteiger partial charge in [0.1, 0.15) is 23.2 Å². The lowest BCUT2D eigenvalue weighted by Gasteiger charge is -2.27. The minimum absolute atomic E-state index is 0. The molecule has 5 heteroatoms. The predicted octanol–water partition coefficient (Wildman–Crippen LogP) is 1.68. The van der Waals surface area contributed by atoms with Crippen LogP contribution in [-0.2, 0) is 0 Å². The van der Waals surface area contributed by atoms with E-state index in [-0.39, 0.29) is 24.0 Å². The molecule has 0 bridgehead atoms. The molecule has 26 heavy (non-hydrogen) atoms. The maximum absolute atomic E-state index is 8.61. The smallest absolute Gasteiger partial charge is 0.112 e. The molecule has 0 aliphatic rings. The van der Waals surface area contributed by atoms with Crippen LogP contribution in [0.25, 0.3) is 10.4 Å². The number of hydrogen-bond acceptors (Lipinski definition) is 1. The highest BCUT2D eigenvalue weighted by atomic mass is 127. The molecule has 0 aliphatic carbocycles. The maximum atomic E-state index is 8.61. The van der Waals surface area contributed by atoms with Crippen LogP contribution in [0.3, 0.4) is 0 Å². The van der Waals surface area contributed by atoms with Crippen LogP contribution in [0.5, 0.6) is 0 Å². The van der Waals surface area contributed by atoms with E-state index < -0.39 is 7.26 Å². The molecule has 0 fully saturated rings. The molecule has 3 nitrogen and oxygen atoms in total. The Morgan fingerprint density at radius 2 is 1.08 bits per heavy atom. The molecular formula is C21H21IN3P. The number of hydrogen-bond donors (Lipinski definition) is 0. The summed E-state index contributed by atoms with van der Waals surface area (Å²) in [6.45, 7) is 0.532. The van der Waals surface area contributed by atoms with Gasteiger partial charge in [0, 0.05) is 11.5 Å². The Morgan fingerprint density at radius 3 is 1.42 bits per heavy atom. The topological polar surface area (TPSA) is 48.8 Å². The molecule has 0 aliphatic heterocycles. The Labute approximate surface area is 172 Å². The minimum atomic E-state index is -1.78. The third-order valence-electron chi connectivity index (χ3n) is 4.41. The van der Waals surface area contributed by atoms with Crippen molar-refractivity contribution in [3.05, 3.63) is 101 Å². The summed E-state index contributed by atoms with van der Waals surface area (Å²) in [5.41, 5.74) is 8.61. The van der Waals surface area contributed by atoms with Gasteiger partial charge in [-0.2, -0.15) is 0 Å². The van der Waals surface area contributed by atoms with E-state index in [4.69, 9.17) is 5.53 Å². The number of nitrogens with zero attached hydrogens (tertiary/aromatic N) is 3. The molecule has 0 unspecified atom stereocenters. The molecule has 0 radical (unpaired) electrons. The lowest BCUT2D eigenvalue weighted by atomic mass is 10.3. The maximum Gasteiger partial charge on any atom is 0.112 e. The molecule has 0 aromatic heterocycles. The minimum Gasteiger partial charge on any atom is -1.00 e. The van der Waals surface area contributed by atoms with Crippen molar-refractivity contribution in [1.29, 1.82) is 0 Å². The van der Waals surface area contributed by atoms with Crippen molar-refractivity contribution in [2.45, 2.75) is 6.42 Å². The van der Waals surface area contributed by atoms with Gasteiger partial charge in [-0.25, -0.2) is 0 Å². The molecule has 0 amide bonds. The van der Waals surface area contributed by atoms with Crippen LogP contribution in [0.15, 0.2) is 96.1 Å². The zero-order valence-corrected chi connectivity index (χ0v) is 17.5. The molecule has 0 N–H and O–H groups in total. The predicted molar refractivity (Wildman–Crippen MR) is 109 cm³/mol. The fourth-order valence-electron chi connectivity index (χ4n) is 3.31. The van der Waals surface area contributed by atoms with Crippen LogP contribution < -0.4 is 39.9 Å². The summed E-state index contributed by atoms with van der Waals surface area (Å²) in [4.78, 5) is 2.91. The van der Waals surface area contributed by atoms with Crippen LogP contribution in [0.1, 0.15) is 6.42 Å². The van der Waals surface area contributed by atoms with E-state index in [9.17, 15) is 0 Å². The van der Waals surface area contributed by atoms with E-state index in [1.165, 1.54) is 15.9 Å². The van der Waals surface area contributed by atoms with Crippen LogP contribution in [0, 0.1) is 0 Å². The Balaban J connectivity index is 0.00000243. The first-order valence-electron chi connectivity index (χ1n) is 8.44. The summed E-state index contributed by atoms with van der Waals surface area (Å²) < 4.78 is 0. The monoisotopic (exact) mass is 473 g/mol. The number of benzene rings is 3. The fourth-order valence-corrected chi connectivity index (χ4v) is 7.63. The van der Waals surface area contributed by atoms with Gasteiger partial charge in [0.05, 0.1) is 6.16 Å². The highest BCUT2D eigenvalue weighted by Crippen LogP contribution is 2.55. The largest absolute Gasteiger partial charge is 1.00 e. The van der Waals surface area contributed by atoms with Crippen LogP contribution >= 0.6 is 7.26 Å². The average Bonchev–Trinajstić information content (AvgIpc) is 2.70. The first-order chi connectivity index (χ1) is 12.4. The van der Waals surface area contributed by atoms with Gasteiger partial charge in [-0.3, -0.25) is 0 Å². The summed E-state index contributed by atoms with van der Waals surface area (Å²) >= 11 is 0. The molecule has 0 saturated heterocycles. The summed E-state index contributed by atoms with van der Waals surface area (Å²) in [5.74, 6) is 0. The van der Waals surface area contributed by atoms with Crippen molar-refractivity contribution in [3.8, 4) is 0 Å². The highest BCUT2D eigenvalue weighted by Gasteiger charge is 2.44. The summed E-state index contributed by atoms with van der Waals surface area (Å²) in [6.07, 6.45) is 1.86. The van der Waals surface area contributed by atoms with Gasteiger partial charge < -0.3 is 24.0 Å². The molecule has 0 heterocycles. The van der Waals surface area contributed by atoms with Crippen molar-refractivity contribution in [3.63, 3.8) is 0 Å². The molecule has 0 saturated carbocycles. The van der Waals surface area contributed by atoms with Gasteiger partial charge in [-0.1, -0.05) is 59.7 Å². The number of halogens is 1. The molecule has 132 valence electrons. The average molecular weight is 473 g/mol. The SMILES string of the molecule is [I-].[N-]=[N+]=NCCC[P+](c1ccccc1)(c1ccccc1)c1ccccc1. The van der Waals surface area contributed by atoms with Gasteiger partial charge >= 0.3 is 0 Å². The second-order valence-corrected chi connectivity index (χ2v) is 9.46. The number of rotatable bonds is 7. The third kappa shape index (κ3) is 4.45. The van der Waals surface area contributed by atoms with E-state index in [0.29, 0.717) is 6.54 Å². The number of azide groups is 1. The van der Waals surface area contributed by atoms with Crippen LogP contribution in [-0.4, -0.2) is 12.7 Å². The molecule has 3 rings (SSSR count). The summed E-state index contributed by atoms with van der Waals surface area (Å²) in [7, 11) is -1.78. The second kappa shape index (κ2) is 10.3. The van der Waals surface area contributed by atoms with Gasteiger partial charge in [0.2, 0.25) is 0 Å². The summed E-state index contributed by atoms with van der Waals surface area (Å²) in [5, 5.41) is 7.86. The van der Waals surface area contributed by atoms with E-state index >= 15 is 0 Å². The lowest BCUT2D eigenvalue weighted by Crippen LogP contribution is -3.00. The van der Waals surface area contributed by atoms with Gasteiger partial charge in [-0.05, 0) is 48.4 Å². The normalized spacial score (nSPS) is 10.5. The van der Waals surface area contributed by atoms with E-state index in [0.717, 1.165) is 12.6 Å². The Morgan fingerprint density at radius 1 is 0.692 bits per heavy atom. The quantitative estimate of drug-likeness (QED) is 0.125. The standard InChI is InChI=1S/C21H21N3P.HI/c22-24-23-17-10-18-25(19-11-4-1-5-12-19,20-13-6-2-7-14-20)21-15-8-3-9-16-21;/h1-9,11-16H,10,17-18H2;1H/q+1;/p-1.